The van der Waals surface area contributed by atoms with Crippen LogP contribution < -0.4 is 4.74 Å². The molecule has 2 fully saturated rings. The Bertz CT molecular complexity index is 904. The van der Waals surface area contributed by atoms with Crippen molar-refractivity contribution in [1.29, 1.82) is 0 Å². The van der Waals surface area contributed by atoms with E-state index in [1.807, 2.05) is 12.1 Å². The Morgan fingerprint density at radius 1 is 0.941 bits per heavy atom. The summed E-state index contributed by atoms with van der Waals surface area (Å²) < 4.78 is 31.8. The van der Waals surface area contributed by atoms with Crippen LogP contribution in [-0.2, 0) is 0 Å². The van der Waals surface area contributed by atoms with Crippen LogP contribution in [0.3, 0.4) is 0 Å². The van der Waals surface area contributed by atoms with Crippen LogP contribution in [0.4, 0.5) is 8.78 Å². The summed E-state index contributed by atoms with van der Waals surface area (Å²) in [6, 6.07) is 17.9. The number of benzene rings is 2. The van der Waals surface area contributed by atoms with E-state index in [-0.39, 0.29) is 11.7 Å². The summed E-state index contributed by atoms with van der Waals surface area (Å²) in [6.45, 7) is 7.50. The predicted molar refractivity (Wildman–Crippen MR) is 131 cm³/mol. The van der Waals surface area contributed by atoms with E-state index in [9.17, 15) is 13.9 Å². The van der Waals surface area contributed by atoms with Crippen molar-refractivity contribution in [2.45, 2.75) is 69.6 Å². The molecule has 0 radical (unpaired) electrons. The van der Waals surface area contributed by atoms with Gasteiger partial charge in [-0.15, -0.1) is 0 Å². The summed E-state index contributed by atoms with van der Waals surface area (Å²) in [5.41, 5.74) is 1.39. The largest absolute Gasteiger partial charge is 0.433 e. The lowest BCUT2D eigenvalue weighted by atomic mass is 9.72. The lowest BCUT2D eigenvalue weighted by Gasteiger charge is -2.44. The highest BCUT2D eigenvalue weighted by Crippen LogP contribution is 2.41. The topological polar surface area (TPSA) is 35.9 Å². The monoisotopic (exact) mass is 472 g/mol. The molecular weight excluding hydrogens is 434 g/mol. The molecule has 0 amide bonds. The van der Waals surface area contributed by atoms with E-state index in [0.717, 1.165) is 77.3 Å². The fourth-order valence-electron chi connectivity index (χ4n) is 5.63. The lowest BCUT2D eigenvalue weighted by Crippen LogP contribution is -2.51. The van der Waals surface area contributed by atoms with Crippen LogP contribution in [0.15, 0.2) is 54.6 Å². The van der Waals surface area contributed by atoms with E-state index in [2.05, 4.69) is 41.0 Å². The van der Waals surface area contributed by atoms with E-state index in [0.29, 0.717) is 6.04 Å². The van der Waals surface area contributed by atoms with Crippen molar-refractivity contribution < 1.29 is 18.6 Å². The molecule has 4 rings (SSSR count). The Labute approximate surface area is 202 Å². The molecule has 1 saturated carbocycles. The SMILES string of the molecule is C[C@H](c1ccccc1)N1CCN(C[C@H](c2cccc(OC(C)(F)F)c2)C2(O)CCCCC2)CC1. The number of piperazine rings is 1. The highest BCUT2D eigenvalue weighted by molar-refractivity contribution is 5.33. The van der Waals surface area contributed by atoms with Crippen molar-refractivity contribution in [3.05, 3.63) is 65.7 Å². The third-order valence-corrected chi connectivity index (χ3v) is 7.60. The van der Waals surface area contributed by atoms with Gasteiger partial charge in [0.2, 0.25) is 0 Å². The number of aliphatic hydroxyl groups is 1. The Morgan fingerprint density at radius 3 is 2.24 bits per heavy atom. The van der Waals surface area contributed by atoms with Crippen LogP contribution in [0.2, 0.25) is 0 Å². The molecule has 2 aromatic carbocycles. The Kier molecular flexibility index (Phi) is 7.90. The Balaban J connectivity index is 1.47. The van der Waals surface area contributed by atoms with Crippen LogP contribution in [0, 0.1) is 0 Å². The first-order chi connectivity index (χ1) is 16.2. The zero-order valence-electron chi connectivity index (χ0n) is 20.4. The van der Waals surface area contributed by atoms with Gasteiger partial charge in [-0.05, 0) is 43.0 Å². The van der Waals surface area contributed by atoms with Gasteiger partial charge in [0.25, 0.3) is 0 Å². The van der Waals surface area contributed by atoms with Gasteiger partial charge in [0.05, 0.1) is 5.60 Å². The molecule has 4 nitrogen and oxygen atoms in total. The first-order valence-electron chi connectivity index (χ1n) is 12.6. The minimum atomic E-state index is -3.23. The molecule has 6 heteroatoms. The Morgan fingerprint density at radius 2 is 1.59 bits per heavy atom. The van der Waals surface area contributed by atoms with Crippen LogP contribution in [-0.4, -0.2) is 59.3 Å². The van der Waals surface area contributed by atoms with Crippen LogP contribution in [0.5, 0.6) is 5.75 Å². The number of hydrogen-bond acceptors (Lipinski definition) is 4. The van der Waals surface area contributed by atoms with Gasteiger partial charge in [-0.1, -0.05) is 61.7 Å². The summed E-state index contributed by atoms with van der Waals surface area (Å²) in [7, 11) is 0. The average Bonchev–Trinajstić information content (AvgIpc) is 2.82. The van der Waals surface area contributed by atoms with Crippen molar-refractivity contribution in [1.82, 2.24) is 9.80 Å². The molecule has 0 aromatic heterocycles. The summed E-state index contributed by atoms with van der Waals surface area (Å²) >= 11 is 0. The number of ether oxygens (including phenoxy) is 1. The predicted octanol–water partition coefficient (Wildman–Crippen LogP) is 5.84. The van der Waals surface area contributed by atoms with Crippen LogP contribution >= 0.6 is 0 Å². The van der Waals surface area contributed by atoms with Gasteiger partial charge in [-0.3, -0.25) is 4.90 Å². The number of rotatable bonds is 8. The van der Waals surface area contributed by atoms with Crippen molar-refractivity contribution in [3.63, 3.8) is 0 Å². The smallest absolute Gasteiger partial charge is 0.394 e. The summed E-state index contributed by atoms with van der Waals surface area (Å²) in [5, 5.41) is 11.7. The fourth-order valence-corrected chi connectivity index (χ4v) is 5.63. The minimum absolute atomic E-state index is 0.139. The molecular formula is C28H38F2N2O2. The molecule has 186 valence electrons. The van der Waals surface area contributed by atoms with Crippen LogP contribution in [0.25, 0.3) is 0 Å². The van der Waals surface area contributed by atoms with Gasteiger partial charge in [0.1, 0.15) is 5.75 Å². The molecule has 0 bridgehead atoms. The first kappa shape index (κ1) is 25.1. The van der Waals surface area contributed by atoms with E-state index in [1.54, 1.807) is 18.2 Å². The highest BCUT2D eigenvalue weighted by Gasteiger charge is 2.40. The summed E-state index contributed by atoms with van der Waals surface area (Å²) in [4.78, 5) is 4.93. The van der Waals surface area contributed by atoms with E-state index in [1.165, 1.54) is 5.56 Å². The first-order valence-corrected chi connectivity index (χ1v) is 12.6. The second-order valence-electron chi connectivity index (χ2n) is 10.1. The number of halogens is 2. The number of nitrogens with zero attached hydrogens (tertiary/aromatic N) is 2. The maximum Gasteiger partial charge on any atom is 0.394 e. The van der Waals surface area contributed by atoms with Crippen molar-refractivity contribution in [3.8, 4) is 5.75 Å². The molecule has 0 spiro atoms. The molecule has 2 atom stereocenters. The molecule has 1 saturated heterocycles. The molecule has 0 unspecified atom stereocenters. The number of alkyl halides is 2. The van der Waals surface area contributed by atoms with E-state index in [4.69, 9.17) is 4.74 Å². The van der Waals surface area contributed by atoms with Crippen molar-refractivity contribution in [2.24, 2.45) is 0 Å². The van der Waals surface area contributed by atoms with E-state index < -0.39 is 11.7 Å². The zero-order chi connectivity index (χ0) is 24.2. The van der Waals surface area contributed by atoms with Crippen molar-refractivity contribution >= 4 is 0 Å². The van der Waals surface area contributed by atoms with Crippen molar-refractivity contribution in [2.75, 3.05) is 32.7 Å². The molecule has 34 heavy (non-hydrogen) atoms. The molecule has 2 aromatic rings. The standard InChI is InChI=1S/C28H38F2N2O2/c1-22(23-10-5-3-6-11-23)32-18-16-31(17-19-32)21-26(28(33)14-7-4-8-15-28)24-12-9-13-25(20-24)34-27(2,29)30/h3,5-6,9-13,20,22,26,33H,4,7-8,14-19,21H2,1-2H3/t22-,26-/m1/s1. The maximum absolute atomic E-state index is 13.5. The third kappa shape index (κ3) is 6.35. The zero-order valence-corrected chi connectivity index (χ0v) is 20.4. The average molecular weight is 473 g/mol. The van der Waals surface area contributed by atoms with Gasteiger partial charge in [0.15, 0.2) is 0 Å². The molecule has 1 N–H and O–H groups in total. The second kappa shape index (κ2) is 10.7. The molecule has 1 aliphatic heterocycles. The second-order valence-corrected chi connectivity index (χ2v) is 10.1. The van der Waals surface area contributed by atoms with Crippen LogP contribution in [0.1, 0.15) is 69.0 Å². The van der Waals surface area contributed by atoms with Gasteiger partial charge in [-0.25, -0.2) is 0 Å². The third-order valence-electron chi connectivity index (χ3n) is 7.60. The quantitative estimate of drug-likeness (QED) is 0.524. The maximum atomic E-state index is 13.5. The van der Waals surface area contributed by atoms with Gasteiger partial charge in [0, 0.05) is 51.6 Å². The number of hydrogen-bond donors (Lipinski definition) is 1. The van der Waals surface area contributed by atoms with Gasteiger partial charge >= 0.3 is 6.11 Å². The normalized spacial score (nSPS) is 21.7. The minimum Gasteiger partial charge on any atom is -0.433 e. The summed E-state index contributed by atoms with van der Waals surface area (Å²) in [6.07, 6.45) is 1.39. The Hall–Kier alpha value is -2.02. The fraction of sp³-hybridized carbons (Fsp3) is 0.571. The van der Waals surface area contributed by atoms with E-state index >= 15 is 0 Å². The highest BCUT2D eigenvalue weighted by atomic mass is 19.3. The lowest BCUT2D eigenvalue weighted by molar-refractivity contribution is -0.159. The summed E-state index contributed by atoms with van der Waals surface area (Å²) in [5.74, 6) is 0.0100. The molecule has 2 aliphatic rings. The molecule has 1 heterocycles. The molecule has 1 aliphatic carbocycles. The van der Waals surface area contributed by atoms with Gasteiger partial charge < -0.3 is 14.7 Å². The van der Waals surface area contributed by atoms with Gasteiger partial charge in [-0.2, -0.15) is 8.78 Å².